The number of nitrogens with zero attached hydrogens (tertiary/aromatic N) is 2. The molecule has 0 amide bonds. The number of pyridine rings is 1. The van der Waals surface area contributed by atoms with Crippen molar-refractivity contribution in [2.75, 3.05) is 18.0 Å². The number of hydrogen-bond donors (Lipinski definition) is 1. The van der Waals surface area contributed by atoms with Crippen molar-refractivity contribution in [3.05, 3.63) is 23.9 Å². The first-order chi connectivity index (χ1) is 7.19. The van der Waals surface area contributed by atoms with Crippen molar-refractivity contribution in [1.29, 1.82) is 0 Å². The Morgan fingerprint density at radius 1 is 1.60 bits per heavy atom. The van der Waals surface area contributed by atoms with Gasteiger partial charge in [-0.3, -0.25) is 0 Å². The Morgan fingerprint density at radius 2 is 2.33 bits per heavy atom. The van der Waals surface area contributed by atoms with Crippen LogP contribution in [0.4, 0.5) is 5.82 Å². The second kappa shape index (κ2) is 5.38. The molecule has 80 valence electrons. The van der Waals surface area contributed by atoms with Gasteiger partial charge >= 0.3 is 0 Å². The highest BCUT2D eigenvalue weighted by Gasteiger charge is 2.05. The second-order valence-electron chi connectivity index (χ2n) is 3.34. The molecule has 0 aliphatic heterocycles. The Hall–Kier alpha value is -1.53. The molecule has 0 saturated carbocycles. The number of hydrogen-bond acceptors (Lipinski definition) is 3. The molecule has 0 bridgehead atoms. The fourth-order valence-electron chi connectivity index (χ4n) is 1.30. The minimum atomic E-state index is -0.478. The molecule has 3 heteroatoms. The first-order valence-corrected chi connectivity index (χ1v) is 5.01. The van der Waals surface area contributed by atoms with E-state index in [1.54, 1.807) is 13.1 Å². The topological polar surface area (TPSA) is 36.4 Å². The van der Waals surface area contributed by atoms with Crippen LogP contribution in [-0.2, 0) is 0 Å². The van der Waals surface area contributed by atoms with E-state index in [1.165, 1.54) is 0 Å². The number of anilines is 1. The van der Waals surface area contributed by atoms with Crippen LogP contribution < -0.4 is 4.90 Å². The summed E-state index contributed by atoms with van der Waals surface area (Å²) in [6.07, 6.45) is 6.46. The fraction of sp³-hybridized carbons (Fsp3) is 0.417. The number of terminal acetylenes is 1. The Kier molecular flexibility index (Phi) is 4.14. The molecule has 1 heterocycles. The van der Waals surface area contributed by atoms with Crippen LogP contribution in [0.2, 0.25) is 0 Å². The van der Waals surface area contributed by atoms with E-state index in [4.69, 9.17) is 6.42 Å². The van der Waals surface area contributed by atoms with Gasteiger partial charge in [-0.2, -0.15) is 0 Å². The average Bonchev–Trinajstić information content (AvgIpc) is 2.26. The third-order valence-corrected chi connectivity index (χ3v) is 2.24. The van der Waals surface area contributed by atoms with Gasteiger partial charge < -0.3 is 10.0 Å². The van der Waals surface area contributed by atoms with E-state index in [1.807, 2.05) is 24.0 Å². The quantitative estimate of drug-likeness (QED) is 0.757. The highest BCUT2D eigenvalue weighted by Crippen LogP contribution is 2.15. The summed E-state index contributed by atoms with van der Waals surface area (Å²) in [5, 5.41) is 9.33. The highest BCUT2D eigenvalue weighted by molar-refractivity contribution is 5.40. The first kappa shape index (κ1) is 11.5. The fourth-order valence-corrected chi connectivity index (χ4v) is 1.30. The van der Waals surface area contributed by atoms with Crippen LogP contribution >= 0.6 is 0 Å². The van der Waals surface area contributed by atoms with Gasteiger partial charge in [-0.25, -0.2) is 4.98 Å². The summed E-state index contributed by atoms with van der Waals surface area (Å²) in [6.45, 7) is 5.13. The van der Waals surface area contributed by atoms with Gasteiger partial charge in [-0.05, 0) is 25.5 Å². The summed E-state index contributed by atoms with van der Waals surface area (Å²) >= 11 is 0. The maximum Gasteiger partial charge on any atom is 0.129 e. The zero-order chi connectivity index (χ0) is 11.3. The van der Waals surface area contributed by atoms with Crippen LogP contribution in [-0.4, -0.2) is 23.2 Å². The van der Waals surface area contributed by atoms with E-state index in [-0.39, 0.29) is 0 Å². The summed E-state index contributed by atoms with van der Waals surface area (Å²) in [5.74, 6) is 3.44. The lowest BCUT2D eigenvalue weighted by Crippen LogP contribution is -2.23. The highest BCUT2D eigenvalue weighted by atomic mass is 16.3. The van der Waals surface area contributed by atoms with Crippen molar-refractivity contribution < 1.29 is 5.11 Å². The predicted molar refractivity (Wildman–Crippen MR) is 61.6 cm³/mol. The Balaban J connectivity index is 2.83. The maximum absolute atomic E-state index is 9.33. The van der Waals surface area contributed by atoms with Crippen molar-refractivity contribution in [3.8, 4) is 12.3 Å². The molecule has 0 unspecified atom stereocenters. The second-order valence-corrected chi connectivity index (χ2v) is 3.34. The first-order valence-electron chi connectivity index (χ1n) is 5.01. The van der Waals surface area contributed by atoms with Gasteiger partial charge in [0.25, 0.3) is 0 Å². The number of aliphatic hydroxyl groups excluding tert-OH is 1. The Bertz CT molecular complexity index is 338. The van der Waals surface area contributed by atoms with Gasteiger partial charge in [-0.1, -0.05) is 12.0 Å². The molecular formula is C12H16N2O. The SMILES string of the molecule is C#CCN(CC)c1ccc([C@H](C)O)cn1. The van der Waals surface area contributed by atoms with Gasteiger partial charge in [0.15, 0.2) is 0 Å². The molecule has 0 spiro atoms. The summed E-state index contributed by atoms with van der Waals surface area (Å²) in [7, 11) is 0. The monoisotopic (exact) mass is 204 g/mol. The lowest BCUT2D eigenvalue weighted by molar-refractivity contribution is 0.199. The van der Waals surface area contributed by atoms with Crippen LogP contribution in [0.5, 0.6) is 0 Å². The Morgan fingerprint density at radius 3 is 2.73 bits per heavy atom. The van der Waals surface area contributed by atoms with E-state index in [9.17, 15) is 5.11 Å². The third-order valence-electron chi connectivity index (χ3n) is 2.24. The third kappa shape index (κ3) is 2.97. The van der Waals surface area contributed by atoms with Crippen molar-refractivity contribution in [1.82, 2.24) is 4.98 Å². The van der Waals surface area contributed by atoms with E-state index < -0.39 is 6.10 Å². The van der Waals surface area contributed by atoms with Crippen LogP contribution in [0.25, 0.3) is 0 Å². The molecule has 0 saturated heterocycles. The minimum absolute atomic E-state index is 0.478. The van der Waals surface area contributed by atoms with Crippen molar-refractivity contribution in [2.45, 2.75) is 20.0 Å². The molecule has 0 aliphatic carbocycles. The number of aromatic nitrogens is 1. The summed E-state index contributed by atoms with van der Waals surface area (Å²) < 4.78 is 0. The molecule has 0 fully saturated rings. The summed E-state index contributed by atoms with van der Waals surface area (Å²) in [6, 6.07) is 3.75. The minimum Gasteiger partial charge on any atom is -0.389 e. The van der Waals surface area contributed by atoms with Gasteiger partial charge in [0, 0.05) is 12.7 Å². The molecule has 0 aromatic carbocycles. The molecule has 1 atom stereocenters. The van der Waals surface area contributed by atoms with Crippen LogP contribution in [0.3, 0.4) is 0 Å². The van der Waals surface area contributed by atoms with E-state index >= 15 is 0 Å². The standard InChI is InChI=1S/C12H16N2O/c1-4-8-14(5-2)12-7-6-11(9-13-12)10(3)15/h1,6-7,9-10,15H,5,8H2,2-3H3/t10-/m0/s1. The van der Waals surface area contributed by atoms with E-state index in [2.05, 4.69) is 10.9 Å². The van der Waals surface area contributed by atoms with Gasteiger partial charge in [-0.15, -0.1) is 6.42 Å². The zero-order valence-corrected chi connectivity index (χ0v) is 9.14. The predicted octanol–water partition coefficient (Wildman–Crippen LogP) is 1.59. The molecule has 1 N–H and O–H groups in total. The summed E-state index contributed by atoms with van der Waals surface area (Å²) in [5.41, 5.74) is 0.815. The maximum atomic E-state index is 9.33. The number of rotatable bonds is 4. The molecular weight excluding hydrogens is 188 g/mol. The van der Waals surface area contributed by atoms with Gasteiger partial charge in [0.1, 0.15) is 5.82 Å². The molecule has 0 radical (unpaired) electrons. The van der Waals surface area contributed by atoms with E-state index in [0.717, 1.165) is 17.9 Å². The van der Waals surface area contributed by atoms with Crippen LogP contribution in [0, 0.1) is 12.3 Å². The zero-order valence-electron chi connectivity index (χ0n) is 9.14. The Labute approximate surface area is 90.8 Å². The van der Waals surface area contributed by atoms with Crippen molar-refractivity contribution in [3.63, 3.8) is 0 Å². The van der Waals surface area contributed by atoms with Crippen molar-refractivity contribution >= 4 is 5.82 Å². The van der Waals surface area contributed by atoms with Crippen LogP contribution in [0.1, 0.15) is 25.5 Å². The average molecular weight is 204 g/mol. The smallest absolute Gasteiger partial charge is 0.129 e. The van der Waals surface area contributed by atoms with Crippen molar-refractivity contribution in [2.24, 2.45) is 0 Å². The molecule has 1 aromatic rings. The molecule has 0 aliphatic rings. The molecule has 3 nitrogen and oxygen atoms in total. The lowest BCUT2D eigenvalue weighted by atomic mass is 10.2. The van der Waals surface area contributed by atoms with E-state index in [0.29, 0.717) is 6.54 Å². The van der Waals surface area contributed by atoms with Gasteiger partial charge in [0.05, 0.1) is 12.6 Å². The summed E-state index contributed by atoms with van der Waals surface area (Å²) in [4.78, 5) is 6.25. The lowest BCUT2D eigenvalue weighted by Gasteiger charge is -2.19. The number of aliphatic hydroxyl groups is 1. The molecule has 15 heavy (non-hydrogen) atoms. The van der Waals surface area contributed by atoms with Crippen LogP contribution in [0.15, 0.2) is 18.3 Å². The van der Waals surface area contributed by atoms with Gasteiger partial charge in [0.2, 0.25) is 0 Å². The molecule has 1 rings (SSSR count). The normalized spacial score (nSPS) is 11.9. The molecule has 1 aromatic heterocycles. The largest absolute Gasteiger partial charge is 0.389 e.